The van der Waals surface area contributed by atoms with Gasteiger partial charge in [-0.3, -0.25) is 4.40 Å². The van der Waals surface area contributed by atoms with Gasteiger partial charge in [-0.25, -0.2) is 9.78 Å². The van der Waals surface area contributed by atoms with Crippen molar-refractivity contribution in [2.45, 2.75) is 6.92 Å². The highest BCUT2D eigenvalue weighted by molar-refractivity contribution is 9.10. The molecule has 1 aromatic carbocycles. The molecule has 0 aliphatic heterocycles. The maximum absolute atomic E-state index is 11.5. The van der Waals surface area contributed by atoms with Gasteiger partial charge < -0.3 is 10.4 Å². The van der Waals surface area contributed by atoms with Crippen molar-refractivity contribution in [1.82, 2.24) is 9.38 Å². The van der Waals surface area contributed by atoms with E-state index in [-0.39, 0.29) is 5.69 Å². The van der Waals surface area contributed by atoms with E-state index in [2.05, 4.69) is 26.2 Å². The van der Waals surface area contributed by atoms with Crippen LogP contribution in [-0.2, 0) is 0 Å². The molecule has 0 saturated carbocycles. The van der Waals surface area contributed by atoms with Gasteiger partial charge in [0.1, 0.15) is 5.65 Å². The first-order chi connectivity index (χ1) is 10.1. The molecule has 0 radical (unpaired) electrons. The number of carboxylic acid groups (broad SMARTS) is 1. The zero-order chi connectivity index (χ0) is 15.0. The van der Waals surface area contributed by atoms with E-state index in [1.54, 1.807) is 22.7 Å². The van der Waals surface area contributed by atoms with Gasteiger partial charge in [-0.05, 0) is 52.7 Å². The van der Waals surface area contributed by atoms with Crippen LogP contribution in [0.3, 0.4) is 0 Å². The minimum absolute atomic E-state index is 0.110. The minimum atomic E-state index is -1.03. The highest BCUT2D eigenvalue weighted by atomic mass is 79.9. The summed E-state index contributed by atoms with van der Waals surface area (Å²) in [7, 11) is 0. The number of benzene rings is 1. The molecule has 0 spiro atoms. The number of pyridine rings is 1. The summed E-state index contributed by atoms with van der Waals surface area (Å²) in [6, 6.07) is 11.2. The Hall–Kier alpha value is -2.34. The second-order valence-corrected chi connectivity index (χ2v) is 5.51. The molecule has 0 atom stereocenters. The van der Waals surface area contributed by atoms with Crippen LogP contribution < -0.4 is 5.32 Å². The Morgan fingerprint density at radius 2 is 2.14 bits per heavy atom. The van der Waals surface area contributed by atoms with Crippen molar-refractivity contribution in [3.63, 3.8) is 0 Å². The van der Waals surface area contributed by atoms with Gasteiger partial charge in [-0.1, -0.05) is 12.1 Å². The maximum atomic E-state index is 11.5. The Kier molecular flexibility index (Phi) is 3.39. The normalized spacial score (nSPS) is 10.8. The van der Waals surface area contributed by atoms with E-state index >= 15 is 0 Å². The third-order valence-electron chi connectivity index (χ3n) is 3.11. The molecule has 0 aliphatic carbocycles. The number of halogens is 1. The Morgan fingerprint density at radius 1 is 1.33 bits per heavy atom. The molecule has 21 heavy (non-hydrogen) atoms. The summed E-state index contributed by atoms with van der Waals surface area (Å²) in [5, 5.41) is 12.5. The summed E-state index contributed by atoms with van der Waals surface area (Å²) in [6.45, 7) is 1.97. The number of imidazole rings is 1. The summed E-state index contributed by atoms with van der Waals surface area (Å²) < 4.78 is 2.40. The van der Waals surface area contributed by atoms with Crippen LogP contribution in [0.4, 0.5) is 11.5 Å². The number of hydrogen-bond donors (Lipinski definition) is 2. The minimum Gasteiger partial charge on any atom is -0.476 e. The number of aromatic nitrogens is 2. The number of rotatable bonds is 3. The number of hydrogen-bond acceptors (Lipinski definition) is 3. The summed E-state index contributed by atoms with van der Waals surface area (Å²) in [6.07, 6.45) is 1.68. The summed E-state index contributed by atoms with van der Waals surface area (Å²) in [5.41, 5.74) is 2.54. The Morgan fingerprint density at radius 3 is 2.90 bits per heavy atom. The van der Waals surface area contributed by atoms with Crippen LogP contribution in [0, 0.1) is 6.92 Å². The third-order valence-corrected chi connectivity index (χ3v) is 3.80. The highest BCUT2D eigenvalue weighted by Gasteiger charge is 2.19. The van der Waals surface area contributed by atoms with Crippen molar-refractivity contribution in [2.24, 2.45) is 0 Å². The van der Waals surface area contributed by atoms with E-state index < -0.39 is 5.97 Å². The first-order valence-corrected chi connectivity index (χ1v) is 7.09. The highest BCUT2D eigenvalue weighted by Crippen LogP contribution is 2.28. The molecule has 0 unspecified atom stereocenters. The number of carboxylic acids is 1. The van der Waals surface area contributed by atoms with Gasteiger partial charge in [0.15, 0.2) is 11.5 Å². The van der Waals surface area contributed by atoms with Crippen molar-refractivity contribution >= 4 is 39.1 Å². The summed E-state index contributed by atoms with van der Waals surface area (Å²) in [5.74, 6) is -0.708. The number of anilines is 2. The van der Waals surface area contributed by atoms with E-state index in [4.69, 9.17) is 0 Å². The van der Waals surface area contributed by atoms with E-state index in [1.165, 1.54) is 0 Å². The average Bonchev–Trinajstić information content (AvgIpc) is 2.80. The molecule has 0 aliphatic rings. The lowest BCUT2D eigenvalue weighted by Crippen LogP contribution is -2.05. The fraction of sp³-hybridized carbons (Fsp3) is 0.0667. The molecule has 0 bridgehead atoms. The van der Waals surface area contributed by atoms with Gasteiger partial charge in [-0.2, -0.15) is 0 Å². The van der Waals surface area contributed by atoms with Crippen molar-refractivity contribution in [1.29, 1.82) is 0 Å². The fourth-order valence-electron chi connectivity index (χ4n) is 2.15. The molecule has 3 rings (SSSR count). The molecule has 2 heterocycles. The van der Waals surface area contributed by atoms with Crippen LogP contribution in [0.15, 0.2) is 47.1 Å². The second-order valence-electron chi connectivity index (χ2n) is 4.65. The van der Waals surface area contributed by atoms with E-state index in [9.17, 15) is 9.90 Å². The van der Waals surface area contributed by atoms with Gasteiger partial charge in [0, 0.05) is 10.7 Å². The van der Waals surface area contributed by atoms with Gasteiger partial charge in [0.05, 0.1) is 5.69 Å². The standard InChI is InChI=1S/C15H12BrN3O2/c1-9-5-6-10(16)11(8-9)17-14-13(15(20)21)19-7-3-2-4-12(19)18-14/h2-8,17H,1H3,(H,20,21). The topological polar surface area (TPSA) is 66.6 Å². The lowest BCUT2D eigenvalue weighted by Gasteiger charge is -2.08. The Balaban J connectivity index is 2.14. The third kappa shape index (κ3) is 2.50. The molecule has 0 amide bonds. The second kappa shape index (κ2) is 5.21. The van der Waals surface area contributed by atoms with E-state index in [0.29, 0.717) is 11.5 Å². The fourth-order valence-corrected chi connectivity index (χ4v) is 2.50. The average molecular weight is 346 g/mol. The van der Waals surface area contributed by atoms with Gasteiger partial charge in [0.25, 0.3) is 0 Å². The number of nitrogens with one attached hydrogen (secondary N) is 1. The van der Waals surface area contributed by atoms with E-state index in [1.807, 2.05) is 31.2 Å². The number of aromatic carboxylic acids is 1. The number of carbonyl (C=O) groups is 1. The number of nitrogens with zero attached hydrogens (tertiary/aromatic N) is 2. The Labute approximate surface area is 129 Å². The monoisotopic (exact) mass is 345 g/mol. The molecular formula is C15H12BrN3O2. The van der Waals surface area contributed by atoms with Crippen LogP contribution in [0.5, 0.6) is 0 Å². The zero-order valence-corrected chi connectivity index (χ0v) is 12.8. The number of aryl methyl sites for hydroxylation is 1. The van der Waals surface area contributed by atoms with Crippen molar-refractivity contribution < 1.29 is 9.90 Å². The van der Waals surface area contributed by atoms with Crippen LogP contribution in [0.25, 0.3) is 5.65 Å². The predicted molar refractivity (Wildman–Crippen MR) is 84.3 cm³/mol. The molecule has 0 fully saturated rings. The summed E-state index contributed by atoms with van der Waals surface area (Å²) in [4.78, 5) is 15.9. The maximum Gasteiger partial charge on any atom is 0.356 e. The zero-order valence-electron chi connectivity index (χ0n) is 11.2. The first kappa shape index (κ1) is 13.6. The van der Waals surface area contributed by atoms with Gasteiger partial charge >= 0.3 is 5.97 Å². The van der Waals surface area contributed by atoms with Crippen molar-refractivity contribution in [2.75, 3.05) is 5.32 Å². The van der Waals surface area contributed by atoms with Crippen LogP contribution in [0.2, 0.25) is 0 Å². The molecule has 6 heteroatoms. The van der Waals surface area contributed by atoms with Gasteiger partial charge in [0.2, 0.25) is 0 Å². The van der Waals surface area contributed by atoms with Crippen molar-refractivity contribution in [3.05, 3.63) is 58.3 Å². The molecular weight excluding hydrogens is 334 g/mol. The first-order valence-electron chi connectivity index (χ1n) is 6.30. The van der Waals surface area contributed by atoms with Gasteiger partial charge in [-0.15, -0.1) is 0 Å². The molecule has 2 aromatic heterocycles. The predicted octanol–water partition coefficient (Wildman–Crippen LogP) is 3.85. The van der Waals surface area contributed by atoms with Crippen LogP contribution >= 0.6 is 15.9 Å². The lowest BCUT2D eigenvalue weighted by atomic mass is 10.2. The molecule has 2 N–H and O–H groups in total. The largest absolute Gasteiger partial charge is 0.476 e. The molecule has 0 saturated heterocycles. The van der Waals surface area contributed by atoms with Crippen LogP contribution in [-0.4, -0.2) is 20.5 Å². The quantitative estimate of drug-likeness (QED) is 0.756. The van der Waals surface area contributed by atoms with Crippen LogP contribution in [0.1, 0.15) is 16.1 Å². The summed E-state index contributed by atoms with van der Waals surface area (Å²) >= 11 is 3.45. The smallest absolute Gasteiger partial charge is 0.356 e. The number of fused-ring (bicyclic) bond motifs is 1. The van der Waals surface area contributed by atoms with Crippen molar-refractivity contribution in [3.8, 4) is 0 Å². The van der Waals surface area contributed by atoms with E-state index in [0.717, 1.165) is 15.7 Å². The molecule has 106 valence electrons. The molecule has 5 nitrogen and oxygen atoms in total. The SMILES string of the molecule is Cc1ccc(Br)c(Nc2nc3ccccn3c2C(=O)O)c1. The molecule has 3 aromatic rings. The Bertz CT molecular complexity index is 842. The lowest BCUT2D eigenvalue weighted by molar-refractivity contribution is 0.0690.